The molecule has 160 valence electrons. The number of benzene rings is 1. The summed E-state index contributed by atoms with van der Waals surface area (Å²) in [5.74, 6) is 0.0540. The summed E-state index contributed by atoms with van der Waals surface area (Å²) in [5.41, 5.74) is 0.931. The topological polar surface area (TPSA) is 78.0 Å². The maximum Gasteiger partial charge on any atom is 0.258 e. The molecule has 2 aromatic rings. The first kappa shape index (κ1) is 21.7. The van der Waals surface area contributed by atoms with E-state index in [1.807, 2.05) is 12.1 Å². The minimum absolute atomic E-state index is 0.0538. The molecule has 7 nitrogen and oxygen atoms in total. The summed E-state index contributed by atoms with van der Waals surface area (Å²) >= 11 is 0. The number of hydrogen-bond acceptors (Lipinski definition) is 6. The number of rotatable bonds is 8. The molecule has 0 radical (unpaired) electrons. The molecule has 1 unspecified atom stereocenters. The Kier molecular flexibility index (Phi) is 7.35. The van der Waals surface area contributed by atoms with Crippen molar-refractivity contribution in [2.24, 2.45) is 0 Å². The van der Waals surface area contributed by atoms with Crippen molar-refractivity contribution in [3.63, 3.8) is 0 Å². The molecule has 1 aromatic carbocycles. The molecule has 2 heterocycles. The Hall–Kier alpha value is -3.00. The number of halogens is 1. The van der Waals surface area contributed by atoms with Gasteiger partial charge in [0.25, 0.3) is 5.91 Å². The van der Waals surface area contributed by atoms with Crippen LogP contribution in [0.3, 0.4) is 0 Å². The number of nitrogens with zero attached hydrogens (tertiary/aromatic N) is 2. The van der Waals surface area contributed by atoms with Crippen LogP contribution in [0.5, 0.6) is 11.5 Å². The number of carbonyl (C=O) groups is 2. The zero-order valence-electron chi connectivity index (χ0n) is 17.1. The molecule has 1 amide bonds. The normalized spacial score (nSPS) is 16.2. The maximum atomic E-state index is 13.8. The van der Waals surface area contributed by atoms with E-state index >= 15 is 0 Å². The van der Waals surface area contributed by atoms with Gasteiger partial charge in [-0.2, -0.15) is 4.39 Å². The Balaban J connectivity index is 1.59. The average Bonchev–Trinajstić information content (AvgIpc) is 2.76. The van der Waals surface area contributed by atoms with Gasteiger partial charge >= 0.3 is 0 Å². The van der Waals surface area contributed by atoms with Crippen LogP contribution < -0.4 is 9.47 Å². The molecule has 1 aliphatic rings. The van der Waals surface area contributed by atoms with E-state index < -0.39 is 11.9 Å². The van der Waals surface area contributed by atoms with E-state index in [1.54, 1.807) is 25.0 Å². The Bertz CT molecular complexity index is 905. The van der Waals surface area contributed by atoms with Crippen LogP contribution in [0.15, 0.2) is 36.5 Å². The highest BCUT2D eigenvalue weighted by Gasteiger charge is 2.27. The van der Waals surface area contributed by atoms with E-state index in [2.05, 4.69) is 4.98 Å². The molecule has 1 aromatic heterocycles. The summed E-state index contributed by atoms with van der Waals surface area (Å²) in [7, 11) is 1.55. The van der Waals surface area contributed by atoms with E-state index in [-0.39, 0.29) is 30.6 Å². The number of ether oxygens (including phenoxy) is 3. The highest BCUT2D eigenvalue weighted by atomic mass is 19.1. The summed E-state index contributed by atoms with van der Waals surface area (Å²) < 4.78 is 30.8. The van der Waals surface area contributed by atoms with Crippen LogP contribution in [-0.4, -0.2) is 61.1 Å². The maximum absolute atomic E-state index is 13.8. The molecular weight excluding hydrogens is 391 g/mol. The molecule has 1 aliphatic heterocycles. The molecule has 1 saturated heterocycles. The summed E-state index contributed by atoms with van der Waals surface area (Å²) in [5, 5.41) is 0. The van der Waals surface area contributed by atoms with Crippen molar-refractivity contribution in [3.05, 3.63) is 53.6 Å². The Labute approximate surface area is 174 Å². The lowest BCUT2D eigenvalue weighted by atomic mass is 10.1. The molecule has 8 heteroatoms. The number of aryl methyl sites for hydroxylation is 1. The average molecular weight is 416 g/mol. The van der Waals surface area contributed by atoms with Crippen LogP contribution >= 0.6 is 0 Å². The predicted molar refractivity (Wildman–Crippen MR) is 107 cm³/mol. The molecule has 3 rings (SSSR count). The largest absolute Gasteiger partial charge is 0.493 e. The molecule has 0 saturated carbocycles. The second kappa shape index (κ2) is 10.2. The molecule has 0 N–H and O–H groups in total. The second-order valence-corrected chi connectivity index (χ2v) is 7.08. The number of carbonyl (C=O) groups excluding carboxylic acids is 2. The van der Waals surface area contributed by atoms with E-state index in [0.717, 1.165) is 5.56 Å². The third-order valence-electron chi connectivity index (χ3n) is 4.83. The number of methoxy groups -OCH3 is 1. The lowest BCUT2D eigenvalue weighted by Gasteiger charge is -2.33. The van der Waals surface area contributed by atoms with Gasteiger partial charge in [0.15, 0.2) is 11.5 Å². The van der Waals surface area contributed by atoms with Gasteiger partial charge < -0.3 is 23.9 Å². The molecule has 1 atom stereocenters. The number of ketones is 1. The number of Topliss-reactive ketones (excluding diaryl/α,β-unsaturated/α-hetero) is 1. The van der Waals surface area contributed by atoms with Gasteiger partial charge in [-0.05, 0) is 43.2 Å². The van der Waals surface area contributed by atoms with Crippen molar-refractivity contribution >= 4 is 11.7 Å². The monoisotopic (exact) mass is 416 g/mol. The number of hydrogen-bond donors (Lipinski definition) is 0. The summed E-state index contributed by atoms with van der Waals surface area (Å²) in [6.07, 6.45) is 2.06. The van der Waals surface area contributed by atoms with Gasteiger partial charge in [0, 0.05) is 19.2 Å². The third kappa shape index (κ3) is 5.54. The Morgan fingerprint density at radius 3 is 2.87 bits per heavy atom. The quantitative estimate of drug-likeness (QED) is 0.616. The number of amides is 1. The predicted octanol–water partition coefficient (Wildman–Crippen LogP) is 2.67. The minimum atomic E-state index is -0.781. The van der Waals surface area contributed by atoms with Crippen molar-refractivity contribution in [1.29, 1.82) is 0 Å². The zero-order valence-corrected chi connectivity index (χ0v) is 17.1. The van der Waals surface area contributed by atoms with Gasteiger partial charge in [0.2, 0.25) is 5.95 Å². The fourth-order valence-electron chi connectivity index (χ4n) is 3.21. The Morgan fingerprint density at radius 2 is 2.13 bits per heavy atom. The third-order valence-corrected chi connectivity index (χ3v) is 4.83. The SMILES string of the molecule is COc1cc(CCC(C)=O)ccc1OCC1CN(C(=O)c2cccnc2F)CCO1. The number of pyridine rings is 1. The van der Waals surface area contributed by atoms with Crippen molar-refractivity contribution in [2.75, 3.05) is 33.4 Å². The number of morpholine rings is 1. The summed E-state index contributed by atoms with van der Waals surface area (Å²) in [6.45, 7) is 2.77. The zero-order chi connectivity index (χ0) is 21.5. The first-order valence-electron chi connectivity index (χ1n) is 9.78. The van der Waals surface area contributed by atoms with Gasteiger partial charge in [-0.25, -0.2) is 4.98 Å². The second-order valence-electron chi connectivity index (χ2n) is 7.08. The fraction of sp³-hybridized carbons (Fsp3) is 0.409. The highest BCUT2D eigenvalue weighted by molar-refractivity contribution is 5.94. The molecular formula is C22H25FN2O5. The standard InChI is InChI=1S/C22H25FN2O5/c1-15(26)5-6-16-7-8-19(20(12-16)28-2)30-14-17-13-25(10-11-29-17)22(27)18-4-3-9-24-21(18)23/h3-4,7-9,12,17H,5-6,10-11,13-14H2,1-2H3. The fourth-order valence-corrected chi connectivity index (χ4v) is 3.21. The summed E-state index contributed by atoms with van der Waals surface area (Å²) in [6, 6.07) is 8.49. The van der Waals surface area contributed by atoms with Crippen molar-refractivity contribution in [2.45, 2.75) is 25.9 Å². The molecule has 30 heavy (non-hydrogen) atoms. The van der Waals surface area contributed by atoms with Crippen LogP contribution in [0.1, 0.15) is 29.3 Å². The van der Waals surface area contributed by atoms with E-state index in [9.17, 15) is 14.0 Å². The summed E-state index contributed by atoms with van der Waals surface area (Å²) in [4.78, 5) is 28.8. The van der Waals surface area contributed by atoms with Crippen LogP contribution in [-0.2, 0) is 16.0 Å². The van der Waals surface area contributed by atoms with Crippen LogP contribution in [0.4, 0.5) is 4.39 Å². The van der Waals surface area contributed by atoms with Crippen molar-refractivity contribution in [1.82, 2.24) is 9.88 Å². The smallest absolute Gasteiger partial charge is 0.258 e. The van der Waals surface area contributed by atoms with Crippen LogP contribution in [0.2, 0.25) is 0 Å². The van der Waals surface area contributed by atoms with Gasteiger partial charge in [-0.1, -0.05) is 6.07 Å². The van der Waals surface area contributed by atoms with Gasteiger partial charge in [0.05, 0.1) is 25.8 Å². The Morgan fingerprint density at radius 1 is 1.30 bits per heavy atom. The molecule has 0 spiro atoms. The molecule has 0 bridgehead atoms. The van der Waals surface area contributed by atoms with Gasteiger partial charge in [-0.15, -0.1) is 0 Å². The first-order valence-corrected chi connectivity index (χ1v) is 9.78. The van der Waals surface area contributed by atoms with E-state index in [0.29, 0.717) is 37.5 Å². The first-order chi connectivity index (χ1) is 14.5. The minimum Gasteiger partial charge on any atom is -0.493 e. The van der Waals surface area contributed by atoms with Crippen molar-refractivity contribution in [3.8, 4) is 11.5 Å². The van der Waals surface area contributed by atoms with Crippen molar-refractivity contribution < 1.29 is 28.2 Å². The highest BCUT2D eigenvalue weighted by Crippen LogP contribution is 2.29. The lowest BCUT2D eigenvalue weighted by Crippen LogP contribution is -2.47. The van der Waals surface area contributed by atoms with E-state index in [1.165, 1.54) is 18.3 Å². The molecule has 1 fully saturated rings. The number of aromatic nitrogens is 1. The van der Waals surface area contributed by atoms with E-state index in [4.69, 9.17) is 14.2 Å². The lowest BCUT2D eigenvalue weighted by molar-refractivity contribution is -0.116. The van der Waals surface area contributed by atoms with Crippen LogP contribution in [0.25, 0.3) is 0 Å². The van der Waals surface area contributed by atoms with Crippen LogP contribution in [0, 0.1) is 5.95 Å². The van der Waals surface area contributed by atoms with Gasteiger partial charge in [0.1, 0.15) is 18.5 Å². The van der Waals surface area contributed by atoms with Gasteiger partial charge in [-0.3, -0.25) is 4.79 Å². The molecule has 0 aliphatic carbocycles.